The van der Waals surface area contributed by atoms with Crippen LogP contribution in [-0.4, -0.2) is 0 Å². The molecule has 0 saturated carbocycles. The van der Waals surface area contributed by atoms with E-state index in [1.807, 2.05) is 0 Å². The van der Waals surface area contributed by atoms with E-state index >= 15 is 0 Å². The Bertz CT molecular complexity index is 3.25. The van der Waals surface area contributed by atoms with Gasteiger partial charge in [-0.3, -0.25) is 0 Å². The van der Waals surface area contributed by atoms with Gasteiger partial charge in [0.2, 0.25) is 0 Å². The molecule has 0 heterocycles. The second-order valence-corrected chi connectivity index (χ2v) is 0. The Morgan fingerprint density at radius 1 is 0.500 bits per heavy atom. The molecule has 0 aliphatic carbocycles. The fraction of sp³-hybridized carbons (Fsp3) is 0. The third kappa shape index (κ3) is 23.7. The van der Waals surface area contributed by atoms with Crippen molar-refractivity contribution >= 4 is 0 Å². The summed E-state index contributed by atoms with van der Waals surface area (Å²) in [6.07, 6.45) is 0. The maximum Gasteiger partial charge on any atom is 0 e. The molecule has 0 fully saturated rings. The molecule has 0 atom stereocenters. The van der Waals surface area contributed by atoms with Gasteiger partial charge in [-0.15, -0.1) is 0 Å². The molecule has 0 aromatic rings. The average Bonchev–Trinajstić information content (AvgIpc) is 0. The first-order valence-electron chi connectivity index (χ1n) is 0. The van der Waals surface area contributed by atoms with Crippen LogP contribution in [0.15, 0.2) is 0 Å². The van der Waals surface area contributed by atoms with Crippen LogP contribution in [0, 0.1) is 0 Å². The number of hydrogen-bond acceptors (Lipinski definition) is 0. The van der Waals surface area contributed by atoms with E-state index < -0.39 is 0 Å². The molecule has 0 aliphatic rings. The van der Waals surface area contributed by atoms with Gasteiger partial charge >= 0.3 is 0 Å². The molecule has 0 rings (SSSR count). The summed E-state index contributed by atoms with van der Waals surface area (Å²) in [5, 5.41) is 0. The van der Waals surface area contributed by atoms with Gasteiger partial charge in [0.15, 0.2) is 0 Å². The Balaban J connectivity index is 0. The second-order valence-electron chi connectivity index (χ2n) is 0. The van der Waals surface area contributed by atoms with Gasteiger partial charge in [-0.05, 0) is 0 Å². The fourth-order valence-electron chi connectivity index (χ4n) is 0. The van der Waals surface area contributed by atoms with Crippen molar-refractivity contribution in [3.63, 3.8) is 0 Å². The van der Waals surface area contributed by atoms with Crippen molar-refractivity contribution in [3.8, 4) is 0 Å². The largest absolute Gasteiger partial charge is 1.00 e. The smallest absolute Gasteiger partial charge is 0 e. The minimum Gasteiger partial charge on any atom is -1.00 e. The molecule has 0 radical (unpaired) electrons. The van der Waals surface area contributed by atoms with Gasteiger partial charge in [0.1, 0.15) is 0 Å². The van der Waals surface area contributed by atoms with Crippen molar-refractivity contribution in [3.05, 3.63) is 0 Å². The first-order chi connectivity index (χ1) is 0. The van der Waals surface area contributed by atoms with Crippen molar-refractivity contribution in [2.24, 2.45) is 0 Å². The Kier molecular flexibility index (Phi) is 5530. The zero-order valence-corrected chi connectivity index (χ0v) is 3.55. The van der Waals surface area contributed by atoms with Crippen molar-refractivity contribution in [2.45, 2.75) is 0 Å². The van der Waals surface area contributed by atoms with Crippen LogP contribution in [0.3, 0.4) is 0 Å². The van der Waals surface area contributed by atoms with E-state index in [0.717, 1.165) is 0 Å². The van der Waals surface area contributed by atoms with E-state index in [1.165, 1.54) is 0 Å². The van der Waals surface area contributed by atoms with Gasteiger partial charge in [-0.2, -0.15) is 0 Å². The molecule has 0 unspecified atom stereocenters. The molecule has 0 nitrogen and oxygen atoms in total. The summed E-state index contributed by atoms with van der Waals surface area (Å²) < 4.78 is 0. The maximum absolute atomic E-state index is 0. The molecule has 0 saturated heterocycles. The summed E-state index contributed by atoms with van der Waals surface area (Å²) >= 11 is 0. The predicted octanol–water partition coefficient (Wildman–Crippen LogP) is -8.99. The van der Waals surface area contributed by atoms with Crippen LogP contribution < -0.4 is 14.1 Å². The van der Waals surface area contributed by atoms with Crippen LogP contribution in [0.25, 0.3) is 0 Å². The second kappa shape index (κ2) is 93.4. The predicted molar refractivity (Wildman–Crippen MR) is 0 cm³/mol. The van der Waals surface area contributed by atoms with Gasteiger partial charge in [-0.25, -0.2) is 0 Å². The first-order valence-corrected chi connectivity index (χ1v) is 0. The number of rotatable bonds is 0. The Morgan fingerprint density at radius 3 is 0.500 bits per heavy atom. The van der Waals surface area contributed by atoms with Crippen LogP contribution in [0.2, 0.25) is 0 Å². The average molecular weight is 153 g/mol. The summed E-state index contributed by atoms with van der Waals surface area (Å²) in [4.78, 5) is 0. The number of halogens is 3. The maximum atomic E-state index is 0. The normalized spacial score (nSPS) is 0. The van der Waals surface area contributed by atoms with E-state index in [2.05, 4.69) is 0 Å². The summed E-state index contributed by atoms with van der Waals surface area (Å²) in [5.74, 6) is 0. The Hall–Kier alpha value is 0.478. The number of hydrogen-bond donors (Lipinski definition) is 0. The van der Waals surface area contributed by atoms with Crippen LogP contribution >= 0.6 is 0 Å². The van der Waals surface area contributed by atoms with Crippen LogP contribution in [0.1, 0.15) is 0 Å². The molecule has 0 spiro atoms. The fourth-order valence-corrected chi connectivity index (χ4v) is 0. The Labute approximate surface area is 35.9 Å². The summed E-state index contributed by atoms with van der Waals surface area (Å²) in [6, 6.07) is 0. The molecule has 30 valence electrons. The van der Waals surface area contributed by atoms with Crippen molar-refractivity contribution in [1.29, 1.82) is 0 Å². The SMILES string of the molecule is [F-].[F-].[F-].[Mo]. The molecule has 0 aromatic heterocycles. The minimum atomic E-state index is 0. The standard InChI is InChI=1S/3FH.Mo/h3*1H;/p-3. The molecule has 0 amide bonds. The van der Waals surface area contributed by atoms with Gasteiger partial charge in [-0.1, -0.05) is 0 Å². The monoisotopic (exact) mass is 155 g/mol. The molecular formula is F3Mo-3. The topological polar surface area (TPSA) is 0 Å². The van der Waals surface area contributed by atoms with E-state index in [-0.39, 0.29) is 35.2 Å². The summed E-state index contributed by atoms with van der Waals surface area (Å²) in [7, 11) is 0. The molecule has 0 N–H and O–H groups in total. The van der Waals surface area contributed by atoms with E-state index in [4.69, 9.17) is 0 Å². The van der Waals surface area contributed by atoms with Crippen LogP contribution in [0.5, 0.6) is 0 Å². The molecule has 0 aromatic carbocycles. The van der Waals surface area contributed by atoms with Crippen molar-refractivity contribution in [1.82, 2.24) is 0 Å². The van der Waals surface area contributed by atoms with E-state index in [0.29, 0.717) is 0 Å². The molecule has 0 bridgehead atoms. The summed E-state index contributed by atoms with van der Waals surface area (Å²) in [6.45, 7) is 0. The summed E-state index contributed by atoms with van der Waals surface area (Å²) in [5.41, 5.74) is 0. The zero-order chi connectivity index (χ0) is 0. The van der Waals surface area contributed by atoms with Gasteiger partial charge < -0.3 is 14.1 Å². The van der Waals surface area contributed by atoms with E-state index in [9.17, 15) is 0 Å². The molecule has 4 heteroatoms. The minimum absolute atomic E-state index is 0. The first kappa shape index (κ1) is 237. The quantitative estimate of drug-likeness (QED) is 0.303. The van der Waals surface area contributed by atoms with Crippen LogP contribution in [-0.2, 0) is 21.1 Å². The molecular weight excluding hydrogens is 153 g/mol. The zero-order valence-electron chi connectivity index (χ0n) is 1.54. The van der Waals surface area contributed by atoms with Gasteiger partial charge in [0, 0.05) is 21.1 Å². The van der Waals surface area contributed by atoms with Gasteiger partial charge in [0.25, 0.3) is 0 Å². The third-order valence-electron chi connectivity index (χ3n) is 0. The van der Waals surface area contributed by atoms with E-state index in [1.54, 1.807) is 0 Å². The van der Waals surface area contributed by atoms with Gasteiger partial charge in [0.05, 0.1) is 0 Å². The Morgan fingerprint density at radius 2 is 0.500 bits per heavy atom. The van der Waals surface area contributed by atoms with Crippen LogP contribution in [0.4, 0.5) is 0 Å². The van der Waals surface area contributed by atoms with Crippen molar-refractivity contribution < 1.29 is 35.2 Å². The van der Waals surface area contributed by atoms with Crippen molar-refractivity contribution in [2.75, 3.05) is 0 Å². The molecule has 0 aliphatic heterocycles. The third-order valence-corrected chi connectivity index (χ3v) is 0. The molecule has 4 heavy (non-hydrogen) atoms.